The summed E-state index contributed by atoms with van der Waals surface area (Å²) in [6.07, 6.45) is 1.80. The number of benzene rings is 1. The standard InChI is InChI=1S/C16H15N3S/c1-11-3-5-13(6-4-11)14-10-20-16(18-14)19-15-9-12(2)7-8-17-15/h3-10H,1-2H3,(H,17,18,19). The fraction of sp³-hybridized carbons (Fsp3) is 0.125. The van der Waals surface area contributed by atoms with Crippen molar-refractivity contribution >= 4 is 22.3 Å². The van der Waals surface area contributed by atoms with Crippen LogP contribution in [0, 0.1) is 13.8 Å². The first-order valence-electron chi connectivity index (χ1n) is 6.43. The highest BCUT2D eigenvalue weighted by molar-refractivity contribution is 7.14. The lowest BCUT2D eigenvalue weighted by Gasteiger charge is -2.02. The van der Waals surface area contributed by atoms with Crippen LogP contribution in [0.3, 0.4) is 0 Å². The average Bonchev–Trinajstić information content (AvgIpc) is 2.88. The van der Waals surface area contributed by atoms with Crippen molar-refractivity contribution in [3.8, 4) is 11.3 Å². The summed E-state index contributed by atoms with van der Waals surface area (Å²) in [6.45, 7) is 4.13. The molecule has 0 atom stereocenters. The van der Waals surface area contributed by atoms with Crippen molar-refractivity contribution in [3.63, 3.8) is 0 Å². The maximum Gasteiger partial charge on any atom is 0.188 e. The van der Waals surface area contributed by atoms with E-state index in [0.717, 1.165) is 22.2 Å². The molecule has 0 fully saturated rings. The van der Waals surface area contributed by atoms with Gasteiger partial charge in [-0.25, -0.2) is 9.97 Å². The van der Waals surface area contributed by atoms with Gasteiger partial charge in [0.15, 0.2) is 5.13 Å². The molecule has 0 saturated heterocycles. The predicted octanol–water partition coefficient (Wildman–Crippen LogP) is 4.57. The number of rotatable bonds is 3. The molecular weight excluding hydrogens is 266 g/mol. The van der Waals surface area contributed by atoms with E-state index in [2.05, 4.69) is 51.9 Å². The summed E-state index contributed by atoms with van der Waals surface area (Å²) in [5.74, 6) is 0.829. The predicted molar refractivity (Wildman–Crippen MR) is 84.5 cm³/mol. The molecule has 3 aromatic rings. The maximum absolute atomic E-state index is 4.60. The lowest BCUT2D eigenvalue weighted by molar-refractivity contribution is 1.26. The van der Waals surface area contributed by atoms with Crippen molar-refractivity contribution in [3.05, 3.63) is 59.1 Å². The fourth-order valence-corrected chi connectivity index (χ4v) is 2.63. The summed E-state index contributed by atoms with van der Waals surface area (Å²) in [6, 6.07) is 12.4. The van der Waals surface area contributed by atoms with Crippen molar-refractivity contribution < 1.29 is 0 Å². The number of hydrogen-bond donors (Lipinski definition) is 1. The largest absolute Gasteiger partial charge is 0.316 e. The molecule has 0 aliphatic rings. The topological polar surface area (TPSA) is 37.8 Å². The first-order valence-corrected chi connectivity index (χ1v) is 7.31. The molecule has 0 saturated carbocycles. The lowest BCUT2D eigenvalue weighted by atomic mass is 10.1. The molecule has 0 unspecified atom stereocenters. The van der Waals surface area contributed by atoms with E-state index in [1.54, 1.807) is 17.5 Å². The van der Waals surface area contributed by atoms with E-state index < -0.39 is 0 Å². The van der Waals surface area contributed by atoms with Crippen LogP contribution in [0.1, 0.15) is 11.1 Å². The summed E-state index contributed by atoms with van der Waals surface area (Å²) in [5, 5.41) is 6.16. The van der Waals surface area contributed by atoms with Gasteiger partial charge in [-0.2, -0.15) is 0 Å². The summed E-state index contributed by atoms with van der Waals surface area (Å²) in [7, 11) is 0. The maximum atomic E-state index is 4.60. The van der Waals surface area contributed by atoms with Gasteiger partial charge in [0, 0.05) is 17.1 Å². The van der Waals surface area contributed by atoms with Gasteiger partial charge < -0.3 is 5.32 Å². The Morgan fingerprint density at radius 1 is 1.00 bits per heavy atom. The number of thiazole rings is 1. The van der Waals surface area contributed by atoms with Gasteiger partial charge in [-0.05, 0) is 31.5 Å². The quantitative estimate of drug-likeness (QED) is 0.764. The summed E-state index contributed by atoms with van der Waals surface area (Å²) in [4.78, 5) is 8.89. The second kappa shape index (κ2) is 5.43. The van der Waals surface area contributed by atoms with Crippen molar-refractivity contribution in [2.24, 2.45) is 0 Å². The molecule has 0 aliphatic carbocycles. The third-order valence-corrected chi connectivity index (χ3v) is 3.76. The molecule has 3 nitrogen and oxygen atoms in total. The number of anilines is 2. The van der Waals surface area contributed by atoms with Crippen LogP contribution in [0.4, 0.5) is 10.9 Å². The minimum absolute atomic E-state index is 0.829. The van der Waals surface area contributed by atoms with E-state index in [1.165, 1.54) is 11.1 Å². The molecular formula is C16H15N3S. The zero-order valence-electron chi connectivity index (χ0n) is 11.4. The van der Waals surface area contributed by atoms with Crippen LogP contribution in [0.5, 0.6) is 0 Å². The van der Waals surface area contributed by atoms with Gasteiger partial charge in [-0.1, -0.05) is 29.8 Å². The summed E-state index contributed by atoms with van der Waals surface area (Å²) < 4.78 is 0. The van der Waals surface area contributed by atoms with Crippen molar-refractivity contribution in [2.75, 3.05) is 5.32 Å². The number of aryl methyl sites for hydroxylation is 2. The Hall–Kier alpha value is -2.20. The van der Waals surface area contributed by atoms with E-state index >= 15 is 0 Å². The van der Waals surface area contributed by atoms with Crippen molar-refractivity contribution in [2.45, 2.75) is 13.8 Å². The normalized spacial score (nSPS) is 10.5. The van der Waals surface area contributed by atoms with Crippen molar-refractivity contribution in [1.29, 1.82) is 0 Å². The molecule has 0 amide bonds. The van der Waals surface area contributed by atoms with E-state index in [9.17, 15) is 0 Å². The Bertz CT molecular complexity index is 717. The van der Waals surface area contributed by atoms with Crippen LogP contribution < -0.4 is 5.32 Å². The molecule has 20 heavy (non-hydrogen) atoms. The first kappa shape index (κ1) is 12.8. The highest BCUT2D eigenvalue weighted by Crippen LogP contribution is 2.26. The van der Waals surface area contributed by atoms with Gasteiger partial charge in [0.05, 0.1) is 5.69 Å². The first-order chi connectivity index (χ1) is 9.70. The number of hydrogen-bond acceptors (Lipinski definition) is 4. The molecule has 2 heterocycles. The molecule has 1 aromatic carbocycles. The monoisotopic (exact) mass is 281 g/mol. The highest BCUT2D eigenvalue weighted by Gasteiger charge is 2.05. The van der Waals surface area contributed by atoms with E-state index in [1.807, 2.05) is 19.1 Å². The minimum atomic E-state index is 0.829. The van der Waals surface area contributed by atoms with Gasteiger partial charge in [0.25, 0.3) is 0 Å². The average molecular weight is 281 g/mol. The lowest BCUT2D eigenvalue weighted by Crippen LogP contribution is -1.93. The van der Waals surface area contributed by atoms with Gasteiger partial charge in [0.2, 0.25) is 0 Å². The SMILES string of the molecule is Cc1ccc(-c2csc(Nc3cc(C)ccn3)n2)cc1. The molecule has 0 spiro atoms. The Kier molecular flexibility index (Phi) is 3.48. The number of nitrogens with one attached hydrogen (secondary N) is 1. The van der Waals surface area contributed by atoms with Crippen LogP contribution in [-0.4, -0.2) is 9.97 Å². The zero-order valence-corrected chi connectivity index (χ0v) is 12.2. The van der Waals surface area contributed by atoms with Crippen LogP contribution >= 0.6 is 11.3 Å². The molecule has 0 bridgehead atoms. The number of nitrogens with zero attached hydrogens (tertiary/aromatic N) is 2. The second-order valence-corrected chi connectivity index (χ2v) is 5.61. The van der Waals surface area contributed by atoms with Crippen LogP contribution in [-0.2, 0) is 0 Å². The molecule has 0 aliphatic heterocycles. The van der Waals surface area contributed by atoms with Crippen LogP contribution in [0.2, 0.25) is 0 Å². The third kappa shape index (κ3) is 2.86. The second-order valence-electron chi connectivity index (χ2n) is 4.75. The molecule has 1 N–H and O–H groups in total. The molecule has 100 valence electrons. The third-order valence-electron chi connectivity index (χ3n) is 3.00. The number of aromatic nitrogens is 2. The highest BCUT2D eigenvalue weighted by atomic mass is 32.1. The minimum Gasteiger partial charge on any atom is -0.316 e. The van der Waals surface area contributed by atoms with Gasteiger partial charge in [-0.15, -0.1) is 11.3 Å². The Labute approximate surface area is 122 Å². The zero-order chi connectivity index (χ0) is 13.9. The van der Waals surface area contributed by atoms with Gasteiger partial charge >= 0.3 is 0 Å². The number of pyridine rings is 1. The summed E-state index contributed by atoms with van der Waals surface area (Å²) >= 11 is 1.59. The molecule has 4 heteroatoms. The Balaban J connectivity index is 1.82. The van der Waals surface area contributed by atoms with Gasteiger partial charge in [0.1, 0.15) is 5.82 Å². The van der Waals surface area contributed by atoms with Gasteiger partial charge in [-0.3, -0.25) is 0 Å². The smallest absolute Gasteiger partial charge is 0.188 e. The molecule has 3 rings (SSSR count). The Morgan fingerprint density at radius 2 is 1.80 bits per heavy atom. The fourth-order valence-electron chi connectivity index (χ4n) is 1.90. The Morgan fingerprint density at radius 3 is 2.55 bits per heavy atom. The summed E-state index contributed by atoms with van der Waals surface area (Å²) in [5.41, 5.74) is 4.56. The van der Waals surface area contributed by atoms with Crippen LogP contribution in [0.15, 0.2) is 48.0 Å². The van der Waals surface area contributed by atoms with Crippen LogP contribution in [0.25, 0.3) is 11.3 Å². The molecule has 2 aromatic heterocycles. The van der Waals surface area contributed by atoms with E-state index in [0.29, 0.717) is 0 Å². The van der Waals surface area contributed by atoms with E-state index in [4.69, 9.17) is 0 Å². The molecule has 0 radical (unpaired) electrons. The van der Waals surface area contributed by atoms with E-state index in [-0.39, 0.29) is 0 Å². The van der Waals surface area contributed by atoms with Crippen molar-refractivity contribution in [1.82, 2.24) is 9.97 Å².